The second kappa shape index (κ2) is 6.68. The van der Waals surface area contributed by atoms with Gasteiger partial charge in [0.05, 0.1) is 30.2 Å². The van der Waals surface area contributed by atoms with Crippen molar-refractivity contribution in [3.63, 3.8) is 0 Å². The average molecular weight is 434 g/mol. The van der Waals surface area contributed by atoms with Crippen LogP contribution in [0.3, 0.4) is 0 Å². The normalized spacial score (nSPS) is 16.2. The molecule has 1 amide bonds. The minimum absolute atomic E-state index is 0.00688. The maximum absolute atomic E-state index is 14.0. The lowest BCUT2D eigenvalue weighted by Crippen LogP contribution is -2.37. The van der Waals surface area contributed by atoms with Gasteiger partial charge in [0.25, 0.3) is 11.5 Å². The number of hydrogen-bond donors (Lipinski definition) is 2. The summed E-state index contributed by atoms with van der Waals surface area (Å²) < 4.78 is 38.6. The SMILES string of the molecule is CN(C(=O)c1cc2oc(Cl)cc2[nH]1)[C@H]1COCc2[nH]c(=O)c3cc(F)c(F)cc3c21. The molecule has 30 heavy (non-hydrogen) atoms. The number of pyridine rings is 1. The van der Waals surface area contributed by atoms with Crippen LogP contribution in [0.1, 0.15) is 27.8 Å². The number of aromatic amines is 2. The molecule has 10 heteroatoms. The molecule has 1 aliphatic rings. The van der Waals surface area contributed by atoms with Crippen molar-refractivity contribution in [3.05, 3.63) is 68.4 Å². The first kappa shape index (κ1) is 18.8. The van der Waals surface area contributed by atoms with E-state index in [4.69, 9.17) is 20.8 Å². The molecule has 0 fully saturated rings. The Morgan fingerprint density at radius 1 is 1.17 bits per heavy atom. The van der Waals surface area contributed by atoms with Crippen LogP contribution in [0.5, 0.6) is 0 Å². The summed E-state index contributed by atoms with van der Waals surface area (Å²) in [6.45, 7) is 0.212. The lowest BCUT2D eigenvalue weighted by atomic mass is 9.95. The summed E-state index contributed by atoms with van der Waals surface area (Å²) in [7, 11) is 1.57. The Labute approximate surface area is 172 Å². The molecule has 7 nitrogen and oxygen atoms in total. The fourth-order valence-corrected chi connectivity index (χ4v) is 4.08. The van der Waals surface area contributed by atoms with Gasteiger partial charge in [0, 0.05) is 30.4 Å². The summed E-state index contributed by atoms with van der Waals surface area (Å²) in [6.07, 6.45) is 0. The van der Waals surface area contributed by atoms with Gasteiger partial charge in [-0.15, -0.1) is 0 Å². The van der Waals surface area contributed by atoms with Gasteiger partial charge in [-0.25, -0.2) is 8.78 Å². The van der Waals surface area contributed by atoms with E-state index >= 15 is 0 Å². The van der Waals surface area contributed by atoms with E-state index in [2.05, 4.69) is 9.97 Å². The van der Waals surface area contributed by atoms with Crippen molar-refractivity contribution in [1.29, 1.82) is 0 Å². The Morgan fingerprint density at radius 2 is 1.90 bits per heavy atom. The number of aromatic nitrogens is 2. The average Bonchev–Trinajstić information content (AvgIpc) is 3.25. The Hall–Kier alpha value is -3.17. The minimum atomic E-state index is -1.12. The van der Waals surface area contributed by atoms with Gasteiger partial charge in [0.15, 0.2) is 22.4 Å². The van der Waals surface area contributed by atoms with Gasteiger partial charge in [-0.1, -0.05) is 0 Å². The summed E-state index contributed by atoms with van der Waals surface area (Å²) in [6, 6.07) is 4.30. The molecule has 2 N–H and O–H groups in total. The first-order valence-electron chi connectivity index (χ1n) is 9.00. The Morgan fingerprint density at radius 3 is 2.63 bits per heavy atom. The number of hydrogen-bond acceptors (Lipinski definition) is 4. The maximum Gasteiger partial charge on any atom is 0.270 e. The van der Waals surface area contributed by atoms with Gasteiger partial charge in [-0.05, 0) is 29.1 Å². The molecule has 1 atom stereocenters. The van der Waals surface area contributed by atoms with Gasteiger partial charge in [0.2, 0.25) is 0 Å². The van der Waals surface area contributed by atoms with Crippen LogP contribution in [-0.4, -0.2) is 34.4 Å². The summed E-state index contributed by atoms with van der Waals surface area (Å²) in [5.74, 6) is -2.56. The third-order valence-corrected chi connectivity index (χ3v) is 5.52. The standard InChI is InChI=1S/C20H14ClF2N3O4/c1-26(20(28)13-4-16-12(24-13)5-17(21)30-16)15-7-29-6-14-18(15)8-2-10(22)11(23)3-9(8)19(27)25-14/h2-5,15,24H,6-7H2,1H3,(H,25,27)/t15-/m0/s1. The quantitative estimate of drug-likeness (QED) is 0.502. The summed E-state index contributed by atoms with van der Waals surface area (Å²) in [5, 5.41) is 0.447. The largest absolute Gasteiger partial charge is 0.443 e. The molecule has 0 spiro atoms. The van der Waals surface area contributed by atoms with Crippen LogP contribution in [0.15, 0.2) is 33.5 Å². The molecule has 0 saturated carbocycles. The molecule has 3 aromatic heterocycles. The molecule has 1 aromatic carbocycles. The van der Waals surface area contributed by atoms with E-state index in [0.717, 1.165) is 12.1 Å². The van der Waals surface area contributed by atoms with Crippen molar-refractivity contribution in [2.24, 2.45) is 0 Å². The molecule has 4 heterocycles. The number of nitrogens with one attached hydrogen (secondary N) is 2. The maximum atomic E-state index is 14.0. The zero-order valence-corrected chi connectivity index (χ0v) is 16.3. The van der Waals surface area contributed by atoms with E-state index in [0.29, 0.717) is 22.4 Å². The molecule has 154 valence electrons. The molecule has 0 radical (unpaired) electrons. The zero-order valence-electron chi connectivity index (χ0n) is 15.5. The number of rotatable bonds is 2. The minimum Gasteiger partial charge on any atom is -0.443 e. The number of halogens is 3. The van der Waals surface area contributed by atoms with Gasteiger partial charge in [-0.3, -0.25) is 9.59 Å². The summed E-state index contributed by atoms with van der Waals surface area (Å²) >= 11 is 5.80. The smallest absolute Gasteiger partial charge is 0.270 e. The highest BCUT2D eigenvalue weighted by Crippen LogP contribution is 2.34. The van der Waals surface area contributed by atoms with Crippen molar-refractivity contribution in [2.75, 3.05) is 13.7 Å². The van der Waals surface area contributed by atoms with Crippen LogP contribution in [0, 0.1) is 11.6 Å². The number of ether oxygens (including phenoxy) is 1. The van der Waals surface area contributed by atoms with Crippen molar-refractivity contribution in [1.82, 2.24) is 14.9 Å². The molecule has 0 saturated heterocycles. The number of nitrogens with zero attached hydrogens (tertiary/aromatic N) is 1. The van der Waals surface area contributed by atoms with Crippen molar-refractivity contribution in [2.45, 2.75) is 12.6 Å². The number of carbonyl (C=O) groups is 1. The lowest BCUT2D eigenvalue weighted by Gasteiger charge is -2.33. The molecule has 0 aliphatic carbocycles. The van der Waals surface area contributed by atoms with Crippen LogP contribution in [0.4, 0.5) is 8.78 Å². The summed E-state index contributed by atoms with van der Waals surface area (Å²) in [5.41, 5.74) is 1.66. The topological polar surface area (TPSA) is 91.3 Å². The van der Waals surface area contributed by atoms with Gasteiger partial charge < -0.3 is 24.0 Å². The highest BCUT2D eigenvalue weighted by atomic mass is 35.5. The number of H-pyrrole nitrogens is 2. The Balaban J connectivity index is 1.61. The van der Waals surface area contributed by atoms with Gasteiger partial charge in [0.1, 0.15) is 5.69 Å². The first-order valence-corrected chi connectivity index (χ1v) is 9.38. The van der Waals surface area contributed by atoms with Crippen molar-refractivity contribution in [3.8, 4) is 0 Å². The predicted octanol–water partition coefficient (Wildman–Crippen LogP) is 3.88. The number of carbonyl (C=O) groups excluding carboxylic acids is 1. The second-order valence-corrected chi connectivity index (χ2v) is 7.49. The van der Waals surface area contributed by atoms with Crippen LogP contribution in [0.25, 0.3) is 21.9 Å². The molecule has 5 rings (SSSR count). The van der Waals surface area contributed by atoms with E-state index in [1.807, 2.05) is 0 Å². The summed E-state index contributed by atoms with van der Waals surface area (Å²) in [4.78, 5) is 32.5. The number of likely N-dealkylation sites (N-methyl/N-ethyl adjacent to an activating group) is 1. The van der Waals surface area contributed by atoms with Crippen LogP contribution in [0.2, 0.25) is 5.22 Å². The molecule has 1 aliphatic heterocycles. The fourth-order valence-electron chi connectivity index (χ4n) is 3.89. The lowest BCUT2D eigenvalue weighted by molar-refractivity contribution is 0.0333. The molecule has 0 unspecified atom stereocenters. The van der Waals surface area contributed by atoms with Crippen LogP contribution < -0.4 is 5.56 Å². The van der Waals surface area contributed by atoms with Gasteiger partial charge >= 0.3 is 0 Å². The highest BCUT2D eigenvalue weighted by molar-refractivity contribution is 6.29. The van der Waals surface area contributed by atoms with Crippen LogP contribution in [-0.2, 0) is 11.3 Å². The molecule has 0 bridgehead atoms. The van der Waals surface area contributed by atoms with E-state index in [1.165, 1.54) is 11.0 Å². The predicted molar refractivity (Wildman–Crippen MR) is 105 cm³/mol. The molecule has 4 aromatic rings. The van der Waals surface area contributed by atoms with Crippen LogP contribution >= 0.6 is 11.6 Å². The Kier molecular flexibility index (Phi) is 4.19. The number of benzene rings is 1. The van der Waals surface area contributed by atoms with Crippen molar-refractivity contribution < 1.29 is 22.7 Å². The second-order valence-electron chi connectivity index (χ2n) is 7.12. The number of furan rings is 1. The Bertz CT molecular complexity index is 1360. The third-order valence-electron chi connectivity index (χ3n) is 5.33. The van der Waals surface area contributed by atoms with E-state index in [9.17, 15) is 18.4 Å². The van der Waals surface area contributed by atoms with E-state index in [1.54, 1.807) is 13.1 Å². The number of fused-ring (bicyclic) bond motifs is 4. The third kappa shape index (κ3) is 2.81. The monoisotopic (exact) mass is 433 g/mol. The van der Waals surface area contributed by atoms with E-state index < -0.39 is 23.2 Å². The molecular weight excluding hydrogens is 420 g/mol. The van der Waals surface area contributed by atoms with E-state index in [-0.39, 0.29) is 40.8 Å². The van der Waals surface area contributed by atoms with Gasteiger partial charge in [-0.2, -0.15) is 0 Å². The molecular formula is C20H14ClF2N3O4. The number of amides is 1. The first-order chi connectivity index (χ1) is 14.3. The zero-order chi connectivity index (χ0) is 21.2. The van der Waals surface area contributed by atoms with Crippen molar-refractivity contribution >= 4 is 39.4 Å². The highest BCUT2D eigenvalue weighted by Gasteiger charge is 2.32. The fraction of sp³-hybridized carbons (Fsp3) is 0.200.